The molecule has 1 amide bonds. The van der Waals surface area contributed by atoms with Crippen LogP contribution in [-0.2, 0) is 16.1 Å². The Morgan fingerprint density at radius 3 is 2.78 bits per heavy atom. The van der Waals surface area contributed by atoms with Crippen LogP contribution >= 0.6 is 23.1 Å². The summed E-state index contributed by atoms with van der Waals surface area (Å²) in [6, 6.07) is 0.143. The first-order valence-electron chi connectivity index (χ1n) is 9.39. The Kier molecular flexibility index (Phi) is 8.31. The molecule has 0 spiro atoms. The quantitative estimate of drug-likeness (QED) is 0.368. The summed E-state index contributed by atoms with van der Waals surface area (Å²) in [5, 5.41) is 4.25. The Hall–Kier alpha value is -1.38. The van der Waals surface area contributed by atoms with Crippen LogP contribution in [0.15, 0.2) is 9.95 Å². The molecule has 2 aromatic rings. The highest BCUT2D eigenvalue weighted by Gasteiger charge is 2.17. The van der Waals surface area contributed by atoms with E-state index in [1.54, 1.807) is 4.57 Å². The largest absolute Gasteiger partial charge is 0.382 e. The molecule has 1 N–H and O–H groups in total. The molecule has 150 valence electrons. The average molecular weight is 412 g/mol. The number of hydrogen-bond acceptors (Lipinski definition) is 6. The third-order valence-corrected chi connectivity index (χ3v) is 6.56. The van der Waals surface area contributed by atoms with Gasteiger partial charge in [-0.1, -0.05) is 18.7 Å². The van der Waals surface area contributed by atoms with Gasteiger partial charge in [-0.25, -0.2) is 4.98 Å². The van der Waals surface area contributed by atoms with Gasteiger partial charge in [-0.2, -0.15) is 0 Å². The second kappa shape index (κ2) is 10.2. The molecule has 1 atom stereocenters. The summed E-state index contributed by atoms with van der Waals surface area (Å²) in [4.78, 5) is 31.8. The summed E-state index contributed by atoms with van der Waals surface area (Å²) in [6.07, 6.45) is 1.62. The Morgan fingerprint density at radius 1 is 1.37 bits per heavy atom. The van der Waals surface area contributed by atoms with Crippen molar-refractivity contribution in [2.45, 2.75) is 65.2 Å². The number of carbonyl (C=O) groups excluding carboxylic acids is 1. The van der Waals surface area contributed by atoms with Crippen LogP contribution in [0.3, 0.4) is 0 Å². The van der Waals surface area contributed by atoms with Gasteiger partial charge in [-0.05, 0) is 46.1 Å². The van der Waals surface area contributed by atoms with E-state index >= 15 is 0 Å². The van der Waals surface area contributed by atoms with Gasteiger partial charge in [0.1, 0.15) is 4.83 Å². The van der Waals surface area contributed by atoms with Gasteiger partial charge < -0.3 is 10.1 Å². The lowest BCUT2D eigenvalue weighted by Crippen LogP contribution is -2.33. The van der Waals surface area contributed by atoms with E-state index in [1.165, 1.54) is 23.1 Å². The Labute approximate surface area is 168 Å². The zero-order valence-corrected chi connectivity index (χ0v) is 18.4. The van der Waals surface area contributed by atoms with Gasteiger partial charge in [0.05, 0.1) is 11.1 Å². The third kappa shape index (κ3) is 5.56. The molecule has 2 aromatic heterocycles. The number of nitrogens with one attached hydrogen (secondary N) is 1. The van der Waals surface area contributed by atoms with Gasteiger partial charge in [0.15, 0.2) is 5.16 Å². The van der Waals surface area contributed by atoms with Crippen molar-refractivity contribution >= 4 is 39.2 Å². The van der Waals surface area contributed by atoms with Gasteiger partial charge in [0.25, 0.3) is 5.56 Å². The fourth-order valence-electron chi connectivity index (χ4n) is 2.63. The molecule has 0 aliphatic carbocycles. The lowest BCUT2D eigenvalue weighted by molar-refractivity contribution is -0.119. The maximum absolute atomic E-state index is 13.1. The third-order valence-electron chi connectivity index (χ3n) is 4.48. The number of carbonyl (C=O) groups is 1. The fourth-order valence-corrected chi connectivity index (χ4v) is 4.54. The van der Waals surface area contributed by atoms with E-state index < -0.39 is 0 Å². The van der Waals surface area contributed by atoms with Crippen molar-refractivity contribution < 1.29 is 9.53 Å². The highest BCUT2D eigenvalue weighted by atomic mass is 32.2. The Morgan fingerprint density at radius 2 is 2.11 bits per heavy atom. The molecule has 0 fully saturated rings. The highest BCUT2D eigenvalue weighted by Crippen LogP contribution is 2.28. The number of hydrogen-bond donors (Lipinski definition) is 1. The average Bonchev–Trinajstić information content (AvgIpc) is 2.92. The first kappa shape index (κ1) is 21.9. The first-order chi connectivity index (χ1) is 12.9. The second-order valence-corrected chi connectivity index (χ2v) is 8.68. The van der Waals surface area contributed by atoms with Gasteiger partial charge >= 0.3 is 0 Å². The number of amides is 1. The van der Waals surface area contributed by atoms with Crippen molar-refractivity contribution in [1.82, 2.24) is 14.9 Å². The molecule has 2 heterocycles. The van der Waals surface area contributed by atoms with Crippen LogP contribution in [0, 0.1) is 13.8 Å². The zero-order valence-electron chi connectivity index (χ0n) is 16.8. The number of ether oxygens (including phenoxy) is 1. The topological polar surface area (TPSA) is 73.2 Å². The van der Waals surface area contributed by atoms with Crippen LogP contribution in [0.4, 0.5) is 0 Å². The molecule has 0 aliphatic heterocycles. The summed E-state index contributed by atoms with van der Waals surface area (Å²) >= 11 is 2.85. The van der Waals surface area contributed by atoms with Crippen LogP contribution in [-0.4, -0.2) is 40.5 Å². The molecule has 27 heavy (non-hydrogen) atoms. The highest BCUT2D eigenvalue weighted by molar-refractivity contribution is 7.99. The molecular formula is C19H29N3O3S2. The maximum Gasteiger partial charge on any atom is 0.263 e. The molecule has 0 aromatic carbocycles. The van der Waals surface area contributed by atoms with Crippen LogP contribution < -0.4 is 10.9 Å². The van der Waals surface area contributed by atoms with Crippen LogP contribution in [0.25, 0.3) is 10.2 Å². The molecule has 8 heteroatoms. The summed E-state index contributed by atoms with van der Waals surface area (Å²) in [5.41, 5.74) is 0.973. The summed E-state index contributed by atoms with van der Waals surface area (Å²) in [6.45, 7) is 11.7. The minimum Gasteiger partial charge on any atom is -0.382 e. The fraction of sp³-hybridized carbons (Fsp3) is 0.632. The van der Waals surface area contributed by atoms with E-state index in [-0.39, 0.29) is 23.3 Å². The van der Waals surface area contributed by atoms with E-state index in [4.69, 9.17) is 9.72 Å². The smallest absolute Gasteiger partial charge is 0.263 e. The van der Waals surface area contributed by atoms with Gasteiger partial charge in [0, 0.05) is 30.7 Å². The number of fused-ring (bicyclic) bond motifs is 1. The molecular weight excluding hydrogens is 382 g/mol. The van der Waals surface area contributed by atoms with Crippen molar-refractivity contribution in [2.75, 3.05) is 19.0 Å². The number of thioether (sulfide) groups is 1. The lowest BCUT2D eigenvalue weighted by Gasteiger charge is -2.14. The number of aromatic nitrogens is 2. The number of thiophene rings is 1. The number of nitrogens with zero attached hydrogens (tertiary/aromatic N) is 2. The lowest BCUT2D eigenvalue weighted by atomic mass is 10.2. The standard InChI is InChI=1S/C19H29N3O3S2/c1-6-12(3)20-15(23)11-26-19-21-17-16(13(4)14(5)27-17)18(24)22(19)9-8-10-25-7-2/h12H,6-11H2,1-5H3,(H,20,23)/t12-/m1/s1. The molecule has 0 bridgehead atoms. The van der Waals surface area contributed by atoms with E-state index in [0.717, 1.165) is 28.1 Å². The van der Waals surface area contributed by atoms with Crippen LogP contribution in [0.2, 0.25) is 0 Å². The molecule has 0 radical (unpaired) electrons. The van der Waals surface area contributed by atoms with Crippen molar-refractivity contribution in [3.63, 3.8) is 0 Å². The molecule has 0 aliphatic rings. The monoisotopic (exact) mass is 411 g/mol. The van der Waals surface area contributed by atoms with E-state index in [1.807, 2.05) is 34.6 Å². The minimum atomic E-state index is -0.0388. The van der Waals surface area contributed by atoms with Crippen molar-refractivity contribution in [3.8, 4) is 0 Å². The van der Waals surface area contributed by atoms with Crippen molar-refractivity contribution in [3.05, 3.63) is 20.8 Å². The maximum atomic E-state index is 13.1. The van der Waals surface area contributed by atoms with E-state index in [9.17, 15) is 9.59 Å². The normalized spacial score (nSPS) is 12.5. The second-order valence-electron chi connectivity index (χ2n) is 6.53. The summed E-state index contributed by atoms with van der Waals surface area (Å²) in [5.74, 6) is 0.208. The zero-order chi connectivity index (χ0) is 20.0. The van der Waals surface area contributed by atoms with Crippen LogP contribution in [0.1, 0.15) is 44.1 Å². The SMILES string of the molecule is CCOCCCn1c(SCC(=O)N[C@H](C)CC)nc2sc(C)c(C)c2c1=O. The molecule has 0 saturated heterocycles. The number of aryl methyl sites for hydroxylation is 2. The van der Waals surface area contributed by atoms with Gasteiger partial charge in [-0.3, -0.25) is 14.2 Å². The van der Waals surface area contributed by atoms with Crippen molar-refractivity contribution in [1.29, 1.82) is 0 Å². The molecule has 6 nitrogen and oxygen atoms in total. The number of rotatable bonds is 10. The molecule has 2 rings (SSSR count). The van der Waals surface area contributed by atoms with Gasteiger partial charge in [0.2, 0.25) is 5.91 Å². The van der Waals surface area contributed by atoms with Gasteiger partial charge in [-0.15, -0.1) is 11.3 Å². The van der Waals surface area contributed by atoms with Crippen LogP contribution in [0.5, 0.6) is 0 Å². The van der Waals surface area contributed by atoms with E-state index in [2.05, 4.69) is 5.32 Å². The Balaban J connectivity index is 2.28. The Bertz CT molecular complexity index is 845. The summed E-state index contributed by atoms with van der Waals surface area (Å²) in [7, 11) is 0. The minimum absolute atomic E-state index is 0.0248. The molecule has 0 saturated carbocycles. The predicted octanol–water partition coefficient (Wildman–Crippen LogP) is 3.51. The van der Waals surface area contributed by atoms with E-state index in [0.29, 0.717) is 30.3 Å². The first-order valence-corrected chi connectivity index (χ1v) is 11.2. The van der Waals surface area contributed by atoms with Crippen molar-refractivity contribution in [2.24, 2.45) is 0 Å². The summed E-state index contributed by atoms with van der Waals surface area (Å²) < 4.78 is 7.10. The predicted molar refractivity (Wildman–Crippen MR) is 113 cm³/mol. The molecule has 0 unspecified atom stereocenters.